The minimum Gasteiger partial charge on any atom is -0.460 e. The summed E-state index contributed by atoms with van der Waals surface area (Å²) in [7, 11) is 0. The summed E-state index contributed by atoms with van der Waals surface area (Å²) in [4.78, 5) is 36.7. The number of carbonyl (C=O) groups excluding carboxylic acids is 3. The van der Waals surface area contributed by atoms with E-state index in [9.17, 15) is 18.8 Å². The van der Waals surface area contributed by atoms with E-state index < -0.39 is 17.7 Å². The Labute approximate surface area is 140 Å². The molecule has 0 amide bonds. The van der Waals surface area contributed by atoms with E-state index >= 15 is 0 Å². The van der Waals surface area contributed by atoms with E-state index in [-0.39, 0.29) is 18.2 Å². The second-order valence-electron chi connectivity index (χ2n) is 5.82. The molecular weight excluding hydrogens is 311 g/mol. The topological polar surface area (TPSA) is 60.4 Å². The Hall–Kier alpha value is -2.30. The molecule has 0 N–H and O–H groups in total. The van der Waals surface area contributed by atoms with Crippen LogP contribution in [0.1, 0.15) is 44.6 Å². The Bertz CT molecular complexity index is 646. The van der Waals surface area contributed by atoms with Gasteiger partial charge in [-0.15, -0.1) is 0 Å². The van der Waals surface area contributed by atoms with Crippen molar-refractivity contribution in [3.05, 3.63) is 41.2 Å². The van der Waals surface area contributed by atoms with Crippen LogP contribution in [-0.2, 0) is 19.1 Å². The molecule has 1 atom stereocenters. The van der Waals surface area contributed by atoms with Gasteiger partial charge in [-0.1, -0.05) is 25.0 Å². The van der Waals surface area contributed by atoms with Gasteiger partial charge in [0.15, 0.2) is 5.78 Å². The number of carbonyl (C=O) groups is 3. The summed E-state index contributed by atoms with van der Waals surface area (Å²) >= 11 is 0. The van der Waals surface area contributed by atoms with E-state index in [1.165, 1.54) is 12.1 Å². The standard InChI is InChI=1S/C19H21FO4/c1-2-24-19(23)18(22)16-7-5-3-4-6-14(17(16)21)12-13-8-10-15(20)11-9-13/h8-12,16H,2-7H2,1H3. The maximum absolute atomic E-state index is 13.0. The molecule has 1 aromatic rings. The smallest absolute Gasteiger partial charge is 0.375 e. The molecule has 128 valence electrons. The molecule has 0 aromatic heterocycles. The van der Waals surface area contributed by atoms with Crippen LogP contribution in [0.2, 0.25) is 0 Å². The van der Waals surface area contributed by atoms with Gasteiger partial charge >= 0.3 is 5.97 Å². The number of ether oxygens (including phenoxy) is 1. The third kappa shape index (κ3) is 4.60. The molecule has 0 heterocycles. The maximum Gasteiger partial charge on any atom is 0.375 e. The van der Waals surface area contributed by atoms with E-state index in [2.05, 4.69) is 0 Å². The maximum atomic E-state index is 13.0. The molecule has 1 aliphatic carbocycles. The third-order valence-electron chi connectivity index (χ3n) is 4.08. The third-order valence-corrected chi connectivity index (χ3v) is 4.08. The first kappa shape index (κ1) is 18.0. The highest BCUT2D eigenvalue weighted by Gasteiger charge is 2.34. The lowest BCUT2D eigenvalue weighted by molar-refractivity contribution is -0.156. The summed E-state index contributed by atoms with van der Waals surface area (Å²) < 4.78 is 17.7. The van der Waals surface area contributed by atoms with Crippen LogP contribution in [0, 0.1) is 11.7 Å². The second kappa shape index (κ2) is 8.52. The Morgan fingerprint density at radius 3 is 2.58 bits per heavy atom. The van der Waals surface area contributed by atoms with Crippen molar-refractivity contribution in [3.63, 3.8) is 0 Å². The predicted molar refractivity (Wildman–Crippen MR) is 87.6 cm³/mol. The van der Waals surface area contributed by atoms with Gasteiger partial charge < -0.3 is 4.74 Å². The van der Waals surface area contributed by atoms with Gasteiger partial charge in [-0.25, -0.2) is 9.18 Å². The molecule has 0 spiro atoms. The largest absolute Gasteiger partial charge is 0.460 e. The highest BCUT2D eigenvalue weighted by Crippen LogP contribution is 2.26. The van der Waals surface area contributed by atoms with Crippen LogP contribution in [0.4, 0.5) is 4.39 Å². The molecule has 2 rings (SSSR count). The highest BCUT2D eigenvalue weighted by atomic mass is 19.1. The number of benzene rings is 1. The van der Waals surface area contributed by atoms with Crippen molar-refractivity contribution >= 4 is 23.6 Å². The quantitative estimate of drug-likeness (QED) is 0.366. The zero-order valence-corrected chi connectivity index (χ0v) is 13.7. The Morgan fingerprint density at radius 2 is 1.92 bits per heavy atom. The number of Topliss-reactive ketones (excluding diaryl/α,β-unsaturated/α-hetero) is 2. The van der Waals surface area contributed by atoms with Crippen molar-refractivity contribution in [2.24, 2.45) is 5.92 Å². The van der Waals surface area contributed by atoms with Gasteiger partial charge in [-0.2, -0.15) is 0 Å². The zero-order valence-electron chi connectivity index (χ0n) is 13.7. The monoisotopic (exact) mass is 332 g/mol. The zero-order chi connectivity index (χ0) is 17.5. The number of halogens is 1. The van der Waals surface area contributed by atoms with E-state index in [1.807, 2.05) is 0 Å². The van der Waals surface area contributed by atoms with Crippen LogP contribution >= 0.6 is 0 Å². The SMILES string of the molecule is CCOC(=O)C(=O)C1CCCCCC(=Cc2ccc(F)cc2)C1=O. The number of ketones is 2. The molecule has 4 nitrogen and oxygen atoms in total. The number of esters is 1. The highest BCUT2D eigenvalue weighted by molar-refractivity contribution is 6.39. The normalized spacial score (nSPS) is 20.3. The average Bonchev–Trinajstić information content (AvgIpc) is 2.56. The van der Waals surface area contributed by atoms with Crippen LogP contribution in [0.3, 0.4) is 0 Å². The van der Waals surface area contributed by atoms with E-state index in [0.29, 0.717) is 24.0 Å². The first-order valence-electron chi connectivity index (χ1n) is 8.24. The summed E-state index contributed by atoms with van der Waals surface area (Å²) in [6.45, 7) is 1.72. The van der Waals surface area contributed by atoms with Crippen LogP contribution in [0.15, 0.2) is 29.8 Å². The number of rotatable bonds is 4. The van der Waals surface area contributed by atoms with Crippen molar-refractivity contribution in [2.45, 2.75) is 39.0 Å². The number of hydrogen-bond acceptors (Lipinski definition) is 4. The van der Waals surface area contributed by atoms with Crippen molar-refractivity contribution in [1.29, 1.82) is 0 Å². The van der Waals surface area contributed by atoms with Crippen molar-refractivity contribution in [1.82, 2.24) is 0 Å². The molecule has 1 aromatic carbocycles. The molecule has 5 heteroatoms. The van der Waals surface area contributed by atoms with Crippen molar-refractivity contribution in [3.8, 4) is 0 Å². The van der Waals surface area contributed by atoms with Gasteiger partial charge in [0.05, 0.1) is 12.5 Å². The van der Waals surface area contributed by atoms with Crippen LogP contribution < -0.4 is 0 Å². The number of hydrogen-bond donors (Lipinski definition) is 0. The lowest BCUT2D eigenvalue weighted by Crippen LogP contribution is -2.33. The second-order valence-corrected chi connectivity index (χ2v) is 5.82. The Balaban J connectivity index is 2.26. The number of allylic oxidation sites excluding steroid dienone is 1. The molecule has 0 bridgehead atoms. The first-order valence-corrected chi connectivity index (χ1v) is 8.24. The molecule has 24 heavy (non-hydrogen) atoms. The lowest BCUT2D eigenvalue weighted by atomic mass is 9.83. The molecule has 0 aliphatic heterocycles. The fourth-order valence-electron chi connectivity index (χ4n) is 2.82. The summed E-state index contributed by atoms with van der Waals surface area (Å²) in [5.74, 6) is -3.36. The summed E-state index contributed by atoms with van der Waals surface area (Å²) in [6, 6.07) is 5.80. The van der Waals surface area contributed by atoms with Gasteiger partial charge in [0.2, 0.25) is 0 Å². The molecule has 1 unspecified atom stereocenters. The summed E-state index contributed by atoms with van der Waals surface area (Å²) in [5.41, 5.74) is 1.20. The average molecular weight is 332 g/mol. The van der Waals surface area contributed by atoms with Crippen LogP contribution in [-0.4, -0.2) is 24.1 Å². The van der Waals surface area contributed by atoms with Crippen molar-refractivity contribution < 1.29 is 23.5 Å². The Kier molecular flexibility index (Phi) is 6.41. The summed E-state index contributed by atoms with van der Waals surface area (Å²) in [6.07, 6.45) is 5.05. The van der Waals surface area contributed by atoms with E-state index in [1.54, 1.807) is 25.1 Å². The van der Waals surface area contributed by atoms with E-state index in [0.717, 1.165) is 19.3 Å². The van der Waals surface area contributed by atoms with Crippen LogP contribution in [0.5, 0.6) is 0 Å². The molecular formula is C19H21FO4. The minimum absolute atomic E-state index is 0.101. The van der Waals surface area contributed by atoms with Gasteiger partial charge in [0, 0.05) is 0 Å². The van der Waals surface area contributed by atoms with Crippen LogP contribution in [0.25, 0.3) is 6.08 Å². The molecule has 1 aliphatic rings. The predicted octanol–water partition coefficient (Wildman–Crippen LogP) is 3.49. The van der Waals surface area contributed by atoms with Gasteiger partial charge in [-0.05, 0) is 55.5 Å². The van der Waals surface area contributed by atoms with Crippen molar-refractivity contribution in [2.75, 3.05) is 6.61 Å². The lowest BCUT2D eigenvalue weighted by Gasteiger charge is -2.19. The molecule has 1 saturated carbocycles. The fraction of sp³-hybridized carbons (Fsp3) is 0.421. The molecule has 0 saturated heterocycles. The van der Waals surface area contributed by atoms with E-state index in [4.69, 9.17) is 4.74 Å². The minimum atomic E-state index is -0.976. The molecule has 1 fully saturated rings. The molecule has 0 radical (unpaired) electrons. The van der Waals surface area contributed by atoms with Gasteiger partial charge in [-0.3, -0.25) is 9.59 Å². The first-order chi connectivity index (χ1) is 11.5. The van der Waals surface area contributed by atoms with Gasteiger partial charge in [0.25, 0.3) is 5.78 Å². The summed E-state index contributed by atoms with van der Waals surface area (Å²) in [5, 5.41) is 0. The fourth-order valence-corrected chi connectivity index (χ4v) is 2.82. The Morgan fingerprint density at radius 1 is 1.21 bits per heavy atom. The van der Waals surface area contributed by atoms with Gasteiger partial charge in [0.1, 0.15) is 5.82 Å².